The van der Waals surface area contributed by atoms with Gasteiger partial charge in [0.25, 0.3) is 0 Å². The molecule has 3 aromatic carbocycles. The van der Waals surface area contributed by atoms with E-state index in [-0.39, 0.29) is 33.4 Å². The van der Waals surface area contributed by atoms with Gasteiger partial charge in [0.1, 0.15) is 10.7 Å². The van der Waals surface area contributed by atoms with Crippen LogP contribution in [0.2, 0.25) is 0 Å². The van der Waals surface area contributed by atoms with E-state index in [1.165, 1.54) is 11.1 Å². The van der Waals surface area contributed by atoms with Crippen molar-refractivity contribution >= 4 is 46.7 Å². The maximum Gasteiger partial charge on any atom is 0.238 e. The fourth-order valence-corrected chi connectivity index (χ4v) is 7.37. The van der Waals surface area contributed by atoms with Crippen molar-refractivity contribution in [1.29, 1.82) is 0 Å². The molecule has 0 unspecified atom stereocenters. The highest BCUT2D eigenvalue weighted by Crippen LogP contribution is 2.49. The highest BCUT2D eigenvalue weighted by molar-refractivity contribution is 8.01. The minimum atomic E-state index is -0.132. The van der Waals surface area contributed by atoms with Gasteiger partial charge in [0, 0.05) is 0 Å². The fraction of sp³-hybridized carbons (Fsp3) is 0.375. The van der Waals surface area contributed by atoms with E-state index < -0.39 is 0 Å². The molecule has 38 heavy (non-hydrogen) atoms. The van der Waals surface area contributed by atoms with Crippen LogP contribution in [0.1, 0.15) is 74.5 Å². The number of rotatable bonds is 4. The van der Waals surface area contributed by atoms with Gasteiger partial charge >= 0.3 is 0 Å². The number of hydrogen-bond acceptors (Lipinski definition) is 4. The van der Waals surface area contributed by atoms with E-state index in [1.54, 1.807) is 23.5 Å². The largest absolute Gasteiger partial charge is 0.293 e. The predicted molar refractivity (Wildman–Crippen MR) is 162 cm³/mol. The van der Waals surface area contributed by atoms with Crippen LogP contribution in [0.5, 0.6) is 0 Å². The smallest absolute Gasteiger partial charge is 0.238 e. The SMILES string of the molecule is CC(C)(C)c1ccc([C@H]2SCC(=O)N2c2ccccc2N2C(=O)CS[C@@H]2c2ccc(C(C)(C)C)cc2)cc1. The molecule has 0 aromatic heterocycles. The number of anilines is 2. The molecule has 2 aliphatic rings. The van der Waals surface area contributed by atoms with Gasteiger partial charge in [0.2, 0.25) is 11.8 Å². The topological polar surface area (TPSA) is 40.6 Å². The number of carbonyl (C=O) groups excluding carboxylic acids is 2. The molecule has 198 valence electrons. The number of nitrogens with zero attached hydrogens (tertiary/aromatic N) is 2. The number of benzene rings is 3. The molecule has 0 aliphatic carbocycles. The van der Waals surface area contributed by atoms with Crippen LogP contribution in [-0.4, -0.2) is 23.3 Å². The van der Waals surface area contributed by atoms with Gasteiger partial charge in [-0.3, -0.25) is 19.4 Å². The van der Waals surface area contributed by atoms with Crippen LogP contribution in [0, 0.1) is 0 Å². The van der Waals surface area contributed by atoms with Crippen LogP contribution in [0.3, 0.4) is 0 Å². The molecule has 2 heterocycles. The Bertz CT molecular complexity index is 1230. The van der Waals surface area contributed by atoms with Gasteiger partial charge < -0.3 is 0 Å². The zero-order valence-electron chi connectivity index (χ0n) is 23.0. The summed E-state index contributed by atoms with van der Waals surface area (Å²) >= 11 is 3.28. The molecule has 0 radical (unpaired) electrons. The Kier molecular flexibility index (Phi) is 7.16. The van der Waals surface area contributed by atoms with E-state index in [2.05, 4.69) is 90.1 Å². The molecule has 2 fully saturated rings. The number of hydrogen-bond donors (Lipinski definition) is 0. The maximum atomic E-state index is 13.3. The van der Waals surface area contributed by atoms with E-state index in [9.17, 15) is 9.59 Å². The Balaban J connectivity index is 1.51. The van der Waals surface area contributed by atoms with E-state index in [4.69, 9.17) is 0 Å². The molecule has 0 spiro atoms. The number of amides is 2. The summed E-state index contributed by atoms with van der Waals surface area (Å²) in [5.74, 6) is 0.969. The minimum absolute atomic E-state index is 0.0668. The summed E-state index contributed by atoms with van der Waals surface area (Å²) < 4.78 is 0. The fourth-order valence-electron chi connectivity index (χ4n) is 5.03. The first-order chi connectivity index (χ1) is 17.9. The van der Waals surface area contributed by atoms with Crippen LogP contribution in [0.25, 0.3) is 0 Å². The summed E-state index contributed by atoms with van der Waals surface area (Å²) in [7, 11) is 0. The summed E-state index contributed by atoms with van der Waals surface area (Å²) in [6, 6.07) is 25.1. The summed E-state index contributed by atoms with van der Waals surface area (Å²) in [6.45, 7) is 13.2. The number of para-hydroxylation sites is 2. The lowest BCUT2D eigenvalue weighted by molar-refractivity contribution is -0.116. The molecule has 6 heteroatoms. The van der Waals surface area contributed by atoms with Crippen molar-refractivity contribution < 1.29 is 9.59 Å². The Hall–Kier alpha value is -2.70. The Morgan fingerprint density at radius 2 is 0.921 bits per heavy atom. The van der Waals surface area contributed by atoms with Crippen LogP contribution in [-0.2, 0) is 20.4 Å². The molecule has 5 rings (SSSR count). The van der Waals surface area contributed by atoms with Crippen molar-refractivity contribution in [3.8, 4) is 0 Å². The second-order valence-corrected chi connectivity index (χ2v) is 14.2. The van der Waals surface area contributed by atoms with Crippen LogP contribution >= 0.6 is 23.5 Å². The zero-order valence-corrected chi connectivity index (χ0v) is 24.7. The molecule has 0 N–H and O–H groups in total. The molecule has 2 aliphatic heterocycles. The normalized spacial score (nSPS) is 20.5. The summed E-state index contributed by atoms with van der Waals surface area (Å²) in [6.07, 6.45) is 0. The molecular formula is C32H36N2O2S2. The van der Waals surface area contributed by atoms with Gasteiger partial charge in [0.15, 0.2) is 0 Å². The van der Waals surface area contributed by atoms with Gasteiger partial charge in [-0.05, 0) is 45.2 Å². The lowest BCUT2D eigenvalue weighted by Gasteiger charge is -2.32. The molecule has 2 atom stereocenters. The lowest BCUT2D eigenvalue weighted by Crippen LogP contribution is -2.33. The van der Waals surface area contributed by atoms with E-state index in [0.717, 1.165) is 22.5 Å². The third-order valence-electron chi connectivity index (χ3n) is 7.26. The van der Waals surface area contributed by atoms with Gasteiger partial charge in [-0.1, -0.05) is 102 Å². The van der Waals surface area contributed by atoms with Gasteiger partial charge in [-0.15, -0.1) is 23.5 Å². The maximum absolute atomic E-state index is 13.3. The second-order valence-electron chi connectivity index (χ2n) is 12.1. The molecule has 4 nitrogen and oxygen atoms in total. The van der Waals surface area contributed by atoms with Crippen molar-refractivity contribution in [3.05, 3.63) is 95.1 Å². The van der Waals surface area contributed by atoms with Crippen molar-refractivity contribution in [2.24, 2.45) is 0 Å². The predicted octanol–water partition coefficient (Wildman–Crippen LogP) is 7.84. The van der Waals surface area contributed by atoms with Crippen molar-refractivity contribution in [3.63, 3.8) is 0 Å². The number of carbonyl (C=O) groups is 2. The third kappa shape index (κ3) is 5.13. The molecule has 2 amide bonds. The Morgan fingerprint density at radius 3 is 1.24 bits per heavy atom. The molecule has 0 bridgehead atoms. The van der Waals surface area contributed by atoms with Crippen LogP contribution in [0.4, 0.5) is 11.4 Å². The average molecular weight is 545 g/mol. The van der Waals surface area contributed by atoms with Crippen LogP contribution < -0.4 is 9.80 Å². The van der Waals surface area contributed by atoms with E-state index in [1.807, 2.05) is 34.1 Å². The highest BCUT2D eigenvalue weighted by atomic mass is 32.2. The first-order valence-electron chi connectivity index (χ1n) is 13.1. The second kappa shape index (κ2) is 10.1. The Labute approximate surface area is 235 Å². The van der Waals surface area contributed by atoms with E-state index >= 15 is 0 Å². The summed E-state index contributed by atoms with van der Waals surface area (Å²) in [5.41, 5.74) is 6.44. The summed E-state index contributed by atoms with van der Waals surface area (Å²) in [5, 5.41) is -0.264. The minimum Gasteiger partial charge on any atom is -0.293 e. The number of thioether (sulfide) groups is 2. The Morgan fingerprint density at radius 1 is 0.579 bits per heavy atom. The van der Waals surface area contributed by atoms with Gasteiger partial charge in [0.05, 0.1) is 22.9 Å². The molecule has 0 saturated carbocycles. The standard InChI is InChI=1S/C32H36N2O2S2/c1-31(2,3)23-15-11-21(12-16-23)29-33(27(35)19-37-29)25-9-7-8-10-26(25)34-28(36)20-38-30(34)22-13-17-24(18-14-22)32(4,5)6/h7-18,29-30H,19-20H2,1-6H3/t29-,30-/m1/s1. The van der Waals surface area contributed by atoms with Crippen molar-refractivity contribution in [1.82, 2.24) is 0 Å². The quantitative estimate of drug-likeness (QED) is 0.335. The van der Waals surface area contributed by atoms with E-state index in [0.29, 0.717) is 11.5 Å². The first kappa shape index (κ1) is 26.9. The molecule has 2 saturated heterocycles. The van der Waals surface area contributed by atoms with Crippen LogP contribution in [0.15, 0.2) is 72.8 Å². The molecular weight excluding hydrogens is 508 g/mol. The van der Waals surface area contributed by atoms with Crippen molar-refractivity contribution in [2.45, 2.75) is 63.1 Å². The third-order valence-corrected chi connectivity index (χ3v) is 9.68. The van der Waals surface area contributed by atoms with Gasteiger partial charge in [-0.2, -0.15) is 0 Å². The highest BCUT2D eigenvalue weighted by Gasteiger charge is 2.40. The lowest BCUT2D eigenvalue weighted by atomic mass is 9.86. The summed E-state index contributed by atoms with van der Waals surface area (Å²) in [4.78, 5) is 30.4. The first-order valence-corrected chi connectivity index (χ1v) is 15.2. The zero-order chi connectivity index (χ0) is 27.2. The molecule has 3 aromatic rings. The average Bonchev–Trinajstić information content (AvgIpc) is 3.45. The van der Waals surface area contributed by atoms with Gasteiger partial charge in [-0.25, -0.2) is 0 Å². The van der Waals surface area contributed by atoms with Crippen molar-refractivity contribution in [2.75, 3.05) is 21.3 Å². The monoisotopic (exact) mass is 544 g/mol.